The Morgan fingerprint density at radius 1 is 1.21 bits per heavy atom. The van der Waals surface area contributed by atoms with Crippen molar-refractivity contribution in [2.45, 2.75) is 6.92 Å². The summed E-state index contributed by atoms with van der Waals surface area (Å²) < 4.78 is 12.7. The SMILES string of the molecule is C=C(C(=O)Nc1ccccc1-c1nccn1C)c1cccc(OC)c1OC#CC. The van der Waals surface area contributed by atoms with Crippen molar-refractivity contribution < 1.29 is 14.3 Å². The van der Waals surface area contributed by atoms with Gasteiger partial charge in [-0.3, -0.25) is 4.79 Å². The predicted molar refractivity (Wildman–Crippen MR) is 113 cm³/mol. The van der Waals surface area contributed by atoms with E-state index in [-0.39, 0.29) is 11.5 Å². The molecule has 146 valence electrons. The summed E-state index contributed by atoms with van der Waals surface area (Å²) in [6.07, 6.45) is 6.10. The number of imidazole rings is 1. The molecule has 6 heteroatoms. The number of hydrogen-bond acceptors (Lipinski definition) is 4. The maximum atomic E-state index is 13.0. The van der Waals surface area contributed by atoms with Crippen LogP contribution in [0.1, 0.15) is 12.5 Å². The monoisotopic (exact) mass is 387 g/mol. The first-order valence-corrected chi connectivity index (χ1v) is 8.89. The number of nitrogens with zero attached hydrogens (tertiary/aromatic N) is 2. The van der Waals surface area contributed by atoms with Gasteiger partial charge in [0.15, 0.2) is 11.5 Å². The van der Waals surface area contributed by atoms with E-state index in [1.807, 2.05) is 42.1 Å². The fraction of sp³-hybridized carbons (Fsp3) is 0.130. The average Bonchev–Trinajstić information content (AvgIpc) is 3.17. The van der Waals surface area contributed by atoms with Crippen molar-refractivity contribution >= 4 is 17.2 Å². The minimum Gasteiger partial charge on any atom is -0.493 e. The van der Waals surface area contributed by atoms with Gasteiger partial charge >= 0.3 is 0 Å². The van der Waals surface area contributed by atoms with Crippen molar-refractivity contribution in [2.24, 2.45) is 7.05 Å². The van der Waals surface area contributed by atoms with Crippen LogP contribution < -0.4 is 14.8 Å². The van der Waals surface area contributed by atoms with Gasteiger partial charge in [-0.05, 0) is 18.2 Å². The summed E-state index contributed by atoms with van der Waals surface area (Å²) >= 11 is 0. The van der Waals surface area contributed by atoms with Gasteiger partial charge in [0.25, 0.3) is 5.91 Å². The van der Waals surface area contributed by atoms with Gasteiger partial charge in [-0.1, -0.05) is 36.8 Å². The van der Waals surface area contributed by atoms with Gasteiger partial charge in [-0.15, -0.1) is 0 Å². The second kappa shape index (κ2) is 8.81. The highest BCUT2D eigenvalue weighted by Gasteiger charge is 2.19. The van der Waals surface area contributed by atoms with Crippen LogP contribution in [-0.4, -0.2) is 22.6 Å². The lowest BCUT2D eigenvalue weighted by molar-refractivity contribution is -0.111. The quantitative estimate of drug-likeness (QED) is 0.511. The molecule has 0 radical (unpaired) electrons. The Bertz CT molecular complexity index is 1120. The van der Waals surface area contributed by atoms with Gasteiger partial charge in [0.05, 0.1) is 12.8 Å². The van der Waals surface area contributed by atoms with Gasteiger partial charge in [0.1, 0.15) is 11.9 Å². The number of methoxy groups -OCH3 is 1. The fourth-order valence-corrected chi connectivity index (χ4v) is 2.85. The number of amides is 1. The second-order valence-corrected chi connectivity index (χ2v) is 6.13. The molecule has 0 spiro atoms. The van der Waals surface area contributed by atoms with Crippen molar-refractivity contribution in [1.82, 2.24) is 9.55 Å². The van der Waals surface area contributed by atoms with Crippen molar-refractivity contribution in [3.8, 4) is 34.9 Å². The Balaban J connectivity index is 1.93. The van der Waals surface area contributed by atoms with Crippen LogP contribution in [0.25, 0.3) is 17.0 Å². The molecule has 0 saturated carbocycles. The maximum absolute atomic E-state index is 13.0. The number of nitrogens with one attached hydrogen (secondary N) is 1. The Hall–Kier alpha value is -3.98. The lowest BCUT2D eigenvalue weighted by atomic mass is 10.0. The molecule has 1 heterocycles. The summed E-state index contributed by atoms with van der Waals surface area (Å²) in [6.45, 7) is 5.62. The summed E-state index contributed by atoms with van der Waals surface area (Å²) in [4.78, 5) is 17.3. The highest BCUT2D eigenvalue weighted by Crippen LogP contribution is 2.35. The minimum absolute atomic E-state index is 0.228. The van der Waals surface area contributed by atoms with Crippen molar-refractivity contribution in [3.05, 3.63) is 67.0 Å². The standard InChI is InChI=1S/C23H21N3O3/c1-5-15-29-21-17(10-8-12-20(21)28-4)16(2)23(27)25-19-11-7-6-9-18(19)22-24-13-14-26(22)3/h6-14H,2H2,1,3-4H3,(H,25,27). The van der Waals surface area contributed by atoms with Gasteiger partial charge in [0.2, 0.25) is 0 Å². The number of aromatic nitrogens is 2. The Kier molecular flexibility index (Phi) is 6.00. The van der Waals surface area contributed by atoms with Crippen LogP contribution in [-0.2, 0) is 11.8 Å². The van der Waals surface area contributed by atoms with E-state index in [1.165, 1.54) is 7.11 Å². The highest BCUT2D eigenvalue weighted by molar-refractivity contribution is 6.25. The molecule has 1 aromatic heterocycles. The Labute approximate surface area is 169 Å². The maximum Gasteiger partial charge on any atom is 0.255 e. The molecule has 0 bridgehead atoms. The number of anilines is 1. The summed E-state index contributed by atoms with van der Waals surface area (Å²) in [5.41, 5.74) is 2.16. The lowest BCUT2D eigenvalue weighted by Crippen LogP contribution is -2.14. The molecule has 29 heavy (non-hydrogen) atoms. The van der Waals surface area contributed by atoms with E-state index >= 15 is 0 Å². The normalized spacial score (nSPS) is 9.90. The van der Waals surface area contributed by atoms with Crippen molar-refractivity contribution in [1.29, 1.82) is 0 Å². The number of hydrogen-bond donors (Lipinski definition) is 1. The third kappa shape index (κ3) is 4.14. The molecule has 0 aliphatic carbocycles. The van der Waals surface area contributed by atoms with E-state index in [4.69, 9.17) is 9.47 Å². The van der Waals surface area contributed by atoms with Gasteiger partial charge < -0.3 is 19.4 Å². The van der Waals surface area contributed by atoms with E-state index in [1.54, 1.807) is 31.3 Å². The number of carbonyl (C=O) groups excluding carboxylic acids is 1. The summed E-state index contributed by atoms with van der Waals surface area (Å²) in [7, 11) is 3.42. The third-order valence-corrected chi connectivity index (χ3v) is 4.29. The van der Waals surface area contributed by atoms with E-state index in [0.29, 0.717) is 22.7 Å². The summed E-state index contributed by atoms with van der Waals surface area (Å²) in [5.74, 6) is 3.86. The molecule has 2 aromatic carbocycles. The van der Waals surface area contributed by atoms with Crippen LogP contribution in [0.4, 0.5) is 5.69 Å². The highest BCUT2D eigenvalue weighted by atomic mass is 16.5. The summed E-state index contributed by atoms with van der Waals surface area (Å²) in [6, 6.07) is 12.7. The number of ether oxygens (including phenoxy) is 2. The van der Waals surface area contributed by atoms with Crippen LogP contribution in [0, 0.1) is 12.0 Å². The minimum atomic E-state index is -0.366. The molecule has 3 aromatic rings. The lowest BCUT2D eigenvalue weighted by Gasteiger charge is -2.15. The van der Waals surface area contributed by atoms with Crippen LogP contribution in [0.5, 0.6) is 11.5 Å². The molecule has 0 fully saturated rings. The van der Waals surface area contributed by atoms with Crippen LogP contribution >= 0.6 is 0 Å². The van der Waals surface area contributed by atoms with Gasteiger partial charge in [-0.25, -0.2) is 4.98 Å². The van der Waals surface area contributed by atoms with Crippen LogP contribution in [0.3, 0.4) is 0 Å². The average molecular weight is 387 g/mol. The zero-order valence-electron chi connectivity index (χ0n) is 16.5. The Morgan fingerprint density at radius 2 is 2.00 bits per heavy atom. The zero-order chi connectivity index (χ0) is 20.8. The van der Waals surface area contributed by atoms with E-state index in [9.17, 15) is 4.79 Å². The summed E-state index contributed by atoms with van der Waals surface area (Å²) in [5, 5.41) is 2.92. The van der Waals surface area contributed by atoms with Crippen molar-refractivity contribution in [3.63, 3.8) is 0 Å². The third-order valence-electron chi connectivity index (χ3n) is 4.29. The molecule has 1 amide bonds. The van der Waals surface area contributed by atoms with E-state index in [0.717, 1.165) is 11.4 Å². The number of carbonyl (C=O) groups is 1. The largest absolute Gasteiger partial charge is 0.493 e. The van der Waals surface area contributed by atoms with E-state index < -0.39 is 0 Å². The molecule has 0 aliphatic heterocycles. The van der Waals surface area contributed by atoms with E-state index in [2.05, 4.69) is 28.9 Å². The number of rotatable bonds is 6. The van der Waals surface area contributed by atoms with Crippen LogP contribution in [0.15, 0.2) is 61.4 Å². The molecule has 0 saturated heterocycles. The Morgan fingerprint density at radius 3 is 2.69 bits per heavy atom. The molecule has 1 N–H and O–H groups in total. The predicted octanol–water partition coefficient (Wildman–Crippen LogP) is 4.11. The number of aryl methyl sites for hydroxylation is 1. The molecule has 0 unspecified atom stereocenters. The first-order chi connectivity index (χ1) is 14.1. The zero-order valence-corrected chi connectivity index (χ0v) is 16.5. The molecular weight excluding hydrogens is 366 g/mol. The molecule has 6 nitrogen and oxygen atoms in total. The topological polar surface area (TPSA) is 65.4 Å². The smallest absolute Gasteiger partial charge is 0.255 e. The van der Waals surface area contributed by atoms with Gasteiger partial charge in [-0.2, -0.15) is 0 Å². The molecule has 0 atom stereocenters. The van der Waals surface area contributed by atoms with Crippen LogP contribution in [0.2, 0.25) is 0 Å². The number of benzene rings is 2. The molecular formula is C23H21N3O3. The fourth-order valence-electron chi connectivity index (χ4n) is 2.85. The van der Waals surface area contributed by atoms with Gasteiger partial charge in [0, 0.05) is 43.1 Å². The van der Waals surface area contributed by atoms with Crippen molar-refractivity contribution in [2.75, 3.05) is 12.4 Å². The second-order valence-electron chi connectivity index (χ2n) is 6.13. The number of para-hydroxylation sites is 2. The molecule has 3 rings (SSSR count). The first kappa shape index (κ1) is 19.8. The first-order valence-electron chi connectivity index (χ1n) is 8.89. The molecule has 0 aliphatic rings.